The number of para-hydroxylation sites is 1. The third-order valence-electron chi connectivity index (χ3n) is 2.82. The summed E-state index contributed by atoms with van der Waals surface area (Å²) in [6, 6.07) is 11.9. The molecule has 0 spiro atoms. The van der Waals surface area contributed by atoms with E-state index in [4.69, 9.17) is 11.1 Å². The Kier molecular flexibility index (Phi) is 3.85. The summed E-state index contributed by atoms with van der Waals surface area (Å²) in [5.74, 6) is -0.373. The maximum Gasteiger partial charge on any atom is 0.146 e. The molecule has 0 amide bonds. The monoisotopic (exact) mass is 321 g/mol. The van der Waals surface area contributed by atoms with Crippen molar-refractivity contribution >= 4 is 33.1 Å². The van der Waals surface area contributed by atoms with Crippen molar-refractivity contribution in [2.75, 3.05) is 11.9 Å². The van der Waals surface area contributed by atoms with Crippen molar-refractivity contribution in [2.45, 2.75) is 0 Å². The molecule has 98 valence electrons. The number of nitrogens with one attached hydrogen (secondary N) is 1. The summed E-state index contributed by atoms with van der Waals surface area (Å²) < 4.78 is 14.6. The Labute approximate surface area is 119 Å². The Bertz CT molecular complexity index is 628. The molecule has 0 aliphatic rings. The first-order valence-corrected chi connectivity index (χ1v) is 6.42. The standard InChI is InChI=1S/C14H13BrFN3/c1-19(13-5-3-2-4-11(13)16)12-7-6-9(15)8-10(12)14(17)18/h2-8H,1H3,(H3,17,18). The smallest absolute Gasteiger partial charge is 0.146 e. The summed E-state index contributed by atoms with van der Waals surface area (Å²) in [6.07, 6.45) is 0. The van der Waals surface area contributed by atoms with E-state index in [-0.39, 0.29) is 11.7 Å². The SMILES string of the molecule is CN(c1ccccc1F)c1ccc(Br)cc1C(=N)N. The average molecular weight is 322 g/mol. The summed E-state index contributed by atoms with van der Waals surface area (Å²) in [5.41, 5.74) is 7.25. The Hall–Kier alpha value is -1.88. The molecule has 2 rings (SSSR count). The molecule has 2 aromatic carbocycles. The van der Waals surface area contributed by atoms with Gasteiger partial charge in [-0.15, -0.1) is 0 Å². The van der Waals surface area contributed by atoms with Gasteiger partial charge in [0.15, 0.2) is 0 Å². The fourth-order valence-electron chi connectivity index (χ4n) is 1.87. The first-order valence-electron chi connectivity index (χ1n) is 5.63. The average Bonchev–Trinajstić information content (AvgIpc) is 2.38. The molecular weight excluding hydrogens is 309 g/mol. The molecule has 0 radical (unpaired) electrons. The van der Waals surface area contributed by atoms with E-state index < -0.39 is 0 Å². The number of nitrogen functional groups attached to an aromatic ring is 1. The molecule has 0 saturated carbocycles. The quantitative estimate of drug-likeness (QED) is 0.669. The highest BCUT2D eigenvalue weighted by Crippen LogP contribution is 2.30. The maximum atomic E-state index is 13.8. The Balaban J connectivity index is 2.53. The number of rotatable bonds is 3. The van der Waals surface area contributed by atoms with Gasteiger partial charge in [-0.05, 0) is 30.3 Å². The molecule has 0 saturated heterocycles. The van der Waals surface area contributed by atoms with E-state index in [0.29, 0.717) is 16.9 Å². The molecule has 0 atom stereocenters. The van der Waals surface area contributed by atoms with Crippen molar-refractivity contribution in [1.29, 1.82) is 5.41 Å². The molecule has 2 aromatic rings. The maximum absolute atomic E-state index is 13.8. The predicted molar refractivity (Wildman–Crippen MR) is 79.6 cm³/mol. The number of anilines is 2. The summed E-state index contributed by atoms with van der Waals surface area (Å²) in [5, 5.41) is 7.62. The Morgan fingerprint density at radius 1 is 1.21 bits per heavy atom. The van der Waals surface area contributed by atoms with Gasteiger partial charge in [-0.2, -0.15) is 0 Å². The van der Waals surface area contributed by atoms with E-state index in [0.717, 1.165) is 4.47 Å². The molecule has 0 aliphatic carbocycles. The molecule has 0 aromatic heterocycles. The second-order valence-electron chi connectivity index (χ2n) is 4.09. The van der Waals surface area contributed by atoms with Crippen LogP contribution in [0.15, 0.2) is 46.9 Å². The molecule has 0 fully saturated rings. The minimum absolute atomic E-state index is 0.0560. The number of hydrogen-bond donors (Lipinski definition) is 2. The van der Waals surface area contributed by atoms with E-state index in [2.05, 4.69) is 15.9 Å². The lowest BCUT2D eigenvalue weighted by Crippen LogP contribution is -2.19. The first kappa shape index (κ1) is 13.5. The van der Waals surface area contributed by atoms with Crippen molar-refractivity contribution in [3.05, 3.63) is 58.3 Å². The molecule has 0 aliphatic heterocycles. The van der Waals surface area contributed by atoms with Crippen LogP contribution in [0, 0.1) is 11.2 Å². The summed E-state index contributed by atoms with van der Waals surface area (Å²) in [7, 11) is 1.74. The largest absolute Gasteiger partial charge is 0.384 e. The van der Waals surface area contributed by atoms with Gasteiger partial charge in [-0.1, -0.05) is 28.1 Å². The third-order valence-corrected chi connectivity index (χ3v) is 3.32. The van der Waals surface area contributed by atoms with Crippen molar-refractivity contribution < 1.29 is 4.39 Å². The topological polar surface area (TPSA) is 53.1 Å². The molecule has 19 heavy (non-hydrogen) atoms. The summed E-state index contributed by atoms with van der Waals surface area (Å²) >= 11 is 3.34. The van der Waals surface area contributed by atoms with Gasteiger partial charge in [0.25, 0.3) is 0 Å². The second kappa shape index (κ2) is 5.40. The van der Waals surface area contributed by atoms with E-state index >= 15 is 0 Å². The number of nitrogens with zero attached hydrogens (tertiary/aromatic N) is 1. The van der Waals surface area contributed by atoms with Crippen LogP contribution in [0.1, 0.15) is 5.56 Å². The van der Waals surface area contributed by atoms with Crippen molar-refractivity contribution in [3.8, 4) is 0 Å². The van der Waals surface area contributed by atoms with Crippen LogP contribution in [0.5, 0.6) is 0 Å². The highest BCUT2D eigenvalue weighted by Gasteiger charge is 2.14. The predicted octanol–water partition coefficient (Wildman–Crippen LogP) is 3.64. The second-order valence-corrected chi connectivity index (χ2v) is 5.00. The summed E-state index contributed by atoms with van der Waals surface area (Å²) in [6.45, 7) is 0. The van der Waals surface area contributed by atoms with E-state index in [1.165, 1.54) is 6.07 Å². The van der Waals surface area contributed by atoms with Gasteiger partial charge in [0.05, 0.1) is 11.4 Å². The Morgan fingerprint density at radius 2 is 1.89 bits per heavy atom. The van der Waals surface area contributed by atoms with Gasteiger partial charge in [-0.3, -0.25) is 5.41 Å². The zero-order valence-electron chi connectivity index (χ0n) is 10.3. The van der Waals surface area contributed by atoms with Gasteiger partial charge in [0.1, 0.15) is 11.7 Å². The van der Waals surface area contributed by atoms with Gasteiger partial charge < -0.3 is 10.6 Å². The molecule has 3 nitrogen and oxygen atoms in total. The van der Waals surface area contributed by atoms with Crippen LogP contribution in [0.3, 0.4) is 0 Å². The van der Waals surface area contributed by atoms with Gasteiger partial charge in [-0.25, -0.2) is 4.39 Å². The van der Waals surface area contributed by atoms with Crippen LogP contribution in [-0.4, -0.2) is 12.9 Å². The van der Waals surface area contributed by atoms with E-state index in [9.17, 15) is 4.39 Å². The van der Waals surface area contributed by atoms with Crippen molar-refractivity contribution in [3.63, 3.8) is 0 Å². The Morgan fingerprint density at radius 3 is 2.53 bits per heavy atom. The van der Waals surface area contributed by atoms with Crippen LogP contribution in [-0.2, 0) is 0 Å². The fourth-order valence-corrected chi connectivity index (χ4v) is 2.23. The lowest BCUT2D eigenvalue weighted by atomic mass is 10.1. The molecular formula is C14H13BrFN3. The van der Waals surface area contributed by atoms with Crippen molar-refractivity contribution in [2.24, 2.45) is 5.73 Å². The third kappa shape index (κ3) is 2.76. The van der Waals surface area contributed by atoms with Crippen LogP contribution in [0.4, 0.5) is 15.8 Å². The number of hydrogen-bond acceptors (Lipinski definition) is 2. The minimum Gasteiger partial charge on any atom is -0.384 e. The number of nitrogens with two attached hydrogens (primary N) is 1. The highest BCUT2D eigenvalue weighted by molar-refractivity contribution is 9.10. The zero-order chi connectivity index (χ0) is 14.0. The molecule has 3 N–H and O–H groups in total. The summed E-state index contributed by atoms with van der Waals surface area (Å²) in [4.78, 5) is 1.68. The highest BCUT2D eigenvalue weighted by atomic mass is 79.9. The van der Waals surface area contributed by atoms with E-state index in [1.807, 2.05) is 6.07 Å². The molecule has 0 heterocycles. The molecule has 0 bridgehead atoms. The number of halogens is 2. The lowest BCUT2D eigenvalue weighted by Gasteiger charge is -2.23. The molecule has 0 unspecified atom stereocenters. The fraction of sp³-hybridized carbons (Fsp3) is 0.0714. The molecule has 5 heteroatoms. The van der Waals surface area contributed by atoms with Crippen LogP contribution >= 0.6 is 15.9 Å². The van der Waals surface area contributed by atoms with Crippen LogP contribution in [0.25, 0.3) is 0 Å². The van der Waals surface area contributed by atoms with E-state index in [1.54, 1.807) is 42.3 Å². The van der Waals surface area contributed by atoms with Crippen LogP contribution in [0.2, 0.25) is 0 Å². The van der Waals surface area contributed by atoms with Crippen molar-refractivity contribution in [1.82, 2.24) is 0 Å². The van der Waals surface area contributed by atoms with Crippen LogP contribution < -0.4 is 10.6 Å². The van der Waals surface area contributed by atoms with Gasteiger partial charge in [0.2, 0.25) is 0 Å². The number of benzene rings is 2. The van der Waals surface area contributed by atoms with Gasteiger partial charge in [0, 0.05) is 17.1 Å². The van der Waals surface area contributed by atoms with Gasteiger partial charge >= 0.3 is 0 Å². The number of amidine groups is 1. The zero-order valence-corrected chi connectivity index (χ0v) is 11.9. The minimum atomic E-state index is -0.317. The normalized spacial score (nSPS) is 10.3. The lowest BCUT2D eigenvalue weighted by molar-refractivity contribution is 0.627. The first-order chi connectivity index (χ1) is 9.00.